The smallest absolute Gasteiger partial charge is 0.229 e. The summed E-state index contributed by atoms with van der Waals surface area (Å²) in [6, 6.07) is 0. The number of methoxy groups -OCH3 is 1. The molecule has 0 radical (unpaired) electrons. The van der Waals surface area contributed by atoms with Crippen molar-refractivity contribution < 1.29 is 9.26 Å². The summed E-state index contributed by atoms with van der Waals surface area (Å²) in [5.74, 6) is 1.76. The second kappa shape index (κ2) is 4.07. The molecule has 1 aromatic rings. The van der Waals surface area contributed by atoms with E-state index < -0.39 is 5.54 Å². The minimum absolute atomic E-state index is 0.302. The third-order valence-electron chi connectivity index (χ3n) is 3.22. The second-order valence-electron chi connectivity index (χ2n) is 5.79. The van der Waals surface area contributed by atoms with Crippen LogP contribution in [0.25, 0.3) is 0 Å². The van der Waals surface area contributed by atoms with Crippen LogP contribution in [-0.2, 0) is 10.3 Å². The normalized spacial score (nSPS) is 20.3. The van der Waals surface area contributed by atoms with E-state index in [1.165, 1.54) is 0 Å². The Labute approximate surface area is 102 Å². The summed E-state index contributed by atoms with van der Waals surface area (Å²) in [5, 5.41) is 4.00. The molecule has 1 aromatic heterocycles. The van der Waals surface area contributed by atoms with Gasteiger partial charge in [-0.25, -0.2) is 0 Å². The number of aromatic nitrogens is 2. The molecular weight excluding hydrogens is 218 g/mol. The lowest BCUT2D eigenvalue weighted by molar-refractivity contribution is -0.00280. The van der Waals surface area contributed by atoms with Gasteiger partial charge in [-0.2, -0.15) is 4.98 Å². The SMILES string of the molecule is COC(C)(C)CC(C)(N)c1noc(C2CC2)n1. The highest BCUT2D eigenvalue weighted by Crippen LogP contribution is 2.39. The first-order chi connectivity index (χ1) is 7.84. The Kier molecular flexibility index (Phi) is 2.99. The van der Waals surface area contributed by atoms with Crippen molar-refractivity contribution in [3.05, 3.63) is 11.7 Å². The zero-order valence-corrected chi connectivity index (χ0v) is 11.0. The van der Waals surface area contributed by atoms with E-state index in [4.69, 9.17) is 15.0 Å². The van der Waals surface area contributed by atoms with Crippen LogP contribution in [0.3, 0.4) is 0 Å². The minimum Gasteiger partial charge on any atom is -0.379 e. The summed E-state index contributed by atoms with van der Waals surface area (Å²) in [6.45, 7) is 5.91. The monoisotopic (exact) mass is 239 g/mol. The third kappa shape index (κ3) is 2.84. The van der Waals surface area contributed by atoms with Crippen molar-refractivity contribution in [1.82, 2.24) is 10.1 Å². The van der Waals surface area contributed by atoms with Gasteiger partial charge in [-0.15, -0.1) is 0 Å². The average Bonchev–Trinajstić information content (AvgIpc) is 2.94. The highest BCUT2D eigenvalue weighted by atomic mass is 16.5. The van der Waals surface area contributed by atoms with Gasteiger partial charge in [0.15, 0.2) is 5.82 Å². The summed E-state index contributed by atoms with van der Waals surface area (Å²) in [6.07, 6.45) is 2.93. The quantitative estimate of drug-likeness (QED) is 0.849. The first kappa shape index (κ1) is 12.5. The van der Waals surface area contributed by atoms with Crippen molar-refractivity contribution in [2.75, 3.05) is 7.11 Å². The highest BCUT2D eigenvalue weighted by molar-refractivity contribution is 5.08. The van der Waals surface area contributed by atoms with Gasteiger partial charge < -0.3 is 15.0 Å². The Hall–Kier alpha value is -0.940. The van der Waals surface area contributed by atoms with Crippen molar-refractivity contribution in [3.8, 4) is 0 Å². The summed E-state index contributed by atoms with van der Waals surface area (Å²) < 4.78 is 10.6. The van der Waals surface area contributed by atoms with Gasteiger partial charge in [0.05, 0.1) is 11.1 Å². The molecule has 0 aromatic carbocycles. The summed E-state index contributed by atoms with van der Waals surface area (Å²) in [7, 11) is 1.68. The van der Waals surface area contributed by atoms with Gasteiger partial charge in [0, 0.05) is 19.4 Å². The van der Waals surface area contributed by atoms with Gasteiger partial charge in [-0.3, -0.25) is 0 Å². The topological polar surface area (TPSA) is 74.2 Å². The molecule has 0 saturated heterocycles. The molecule has 1 unspecified atom stereocenters. The molecule has 5 nitrogen and oxygen atoms in total. The van der Waals surface area contributed by atoms with Gasteiger partial charge in [0.1, 0.15) is 0 Å². The molecule has 1 aliphatic carbocycles. The Balaban J connectivity index is 2.12. The van der Waals surface area contributed by atoms with Gasteiger partial charge >= 0.3 is 0 Å². The van der Waals surface area contributed by atoms with E-state index in [0.29, 0.717) is 18.2 Å². The van der Waals surface area contributed by atoms with Crippen LogP contribution in [0.15, 0.2) is 4.52 Å². The Morgan fingerprint density at radius 1 is 1.41 bits per heavy atom. The lowest BCUT2D eigenvalue weighted by Gasteiger charge is -2.31. The molecule has 1 fully saturated rings. The molecule has 2 N–H and O–H groups in total. The van der Waals surface area contributed by atoms with Crippen molar-refractivity contribution in [2.45, 2.75) is 57.1 Å². The predicted molar refractivity (Wildman–Crippen MR) is 63.5 cm³/mol. The van der Waals surface area contributed by atoms with Crippen LogP contribution in [0.5, 0.6) is 0 Å². The second-order valence-corrected chi connectivity index (χ2v) is 5.79. The van der Waals surface area contributed by atoms with Crippen LogP contribution in [0.1, 0.15) is 57.7 Å². The Morgan fingerprint density at radius 3 is 2.59 bits per heavy atom. The molecule has 0 bridgehead atoms. The molecule has 1 heterocycles. The number of rotatable bonds is 5. The molecule has 2 rings (SSSR count). The molecular formula is C12H21N3O2. The van der Waals surface area contributed by atoms with Crippen molar-refractivity contribution >= 4 is 0 Å². The van der Waals surface area contributed by atoms with Gasteiger partial charge in [-0.1, -0.05) is 5.16 Å². The van der Waals surface area contributed by atoms with E-state index >= 15 is 0 Å². The molecule has 1 aliphatic rings. The van der Waals surface area contributed by atoms with Crippen molar-refractivity contribution in [2.24, 2.45) is 5.73 Å². The maximum absolute atomic E-state index is 6.27. The van der Waals surface area contributed by atoms with E-state index in [1.54, 1.807) is 7.11 Å². The van der Waals surface area contributed by atoms with Gasteiger partial charge in [-0.05, 0) is 33.6 Å². The van der Waals surface area contributed by atoms with E-state index in [-0.39, 0.29) is 5.60 Å². The average molecular weight is 239 g/mol. The van der Waals surface area contributed by atoms with Gasteiger partial charge in [0.2, 0.25) is 5.89 Å². The van der Waals surface area contributed by atoms with Crippen LogP contribution in [0.2, 0.25) is 0 Å². The zero-order valence-electron chi connectivity index (χ0n) is 11.0. The maximum atomic E-state index is 6.27. The number of nitrogens with zero attached hydrogens (tertiary/aromatic N) is 2. The summed E-state index contributed by atoms with van der Waals surface area (Å²) in [4.78, 5) is 4.40. The lowest BCUT2D eigenvalue weighted by Crippen LogP contribution is -2.42. The van der Waals surface area contributed by atoms with Crippen molar-refractivity contribution in [1.29, 1.82) is 0 Å². The molecule has 96 valence electrons. The van der Waals surface area contributed by atoms with Crippen LogP contribution < -0.4 is 5.73 Å². The first-order valence-electron chi connectivity index (χ1n) is 6.02. The van der Waals surface area contributed by atoms with Crippen LogP contribution in [0.4, 0.5) is 0 Å². The molecule has 1 atom stereocenters. The number of nitrogens with two attached hydrogens (primary N) is 1. The maximum Gasteiger partial charge on any atom is 0.229 e. The Bertz CT molecular complexity index is 394. The molecule has 0 spiro atoms. The zero-order chi connectivity index (χ0) is 12.7. The molecule has 5 heteroatoms. The van der Waals surface area contributed by atoms with Crippen LogP contribution >= 0.6 is 0 Å². The summed E-state index contributed by atoms with van der Waals surface area (Å²) in [5.41, 5.74) is 5.34. The van der Waals surface area contributed by atoms with Crippen LogP contribution in [0, 0.1) is 0 Å². The first-order valence-corrected chi connectivity index (χ1v) is 6.02. The van der Waals surface area contributed by atoms with Crippen molar-refractivity contribution in [3.63, 3.8) is 0 Å². The molecule has 0 aliphatic heterocycles. The Morgan fingerprint density at radius 2 is 2.06 bits per heavy atom. The van der Waals surface area contributed by atoms with E-state index in [0.717, 1.165) is 18.7 Å². The number of hydrogen-bond acceptors (Lipinski definition) is 5. The number of hydrogen-bond donors (Lipinski definition) is 1. The molecule has 17 heavy (non-hydrogen) atoms. The molecule has 0 amide bonds. The highest BCUT2D eigenvalue weighted by Gasteiger charge is 2.37. The number of ether oxygens (including phenoxy) is 1. The summed E-state index contributed by atoms with van der Waals surface area (Å²) >= 11 is 0. The fourth-order valence-corrected chi connectivity index (χ4v) is 2.00. The largest absolute Gasteiger partial charge is 0.379 e. The minimum atomic E-state index is -0.629. The van der Waals surface area contributed by atoms with E-state index in [1.807, 2.05) is 20.8 Å². The lowest BCUT2D eigenvalue weighted by atomic mass is 9.88. The van der Waals surface area contributed by atoms with E-state index in [9.17, 15) is 0 Å². The van der Waals surface area contributed by atoms with Gasteiger partial charge in [0.25, 0.3) is 0 Å². The molecule has 1 saturated carbocycles. The fraction of sp³-hybridized carbons (Fsp3) is 0.833. The fourth-order valence-electron chi connectivity index (χ4n) is 2.00. The van der Waals surface area contributed by atoms with E-state index in [2.05, 4.69) is 10.1 Å². The predicted octanol–water partition coefficient (Wildman–Crippen LogP) is 1.94. The standard InChI is InChI=1S/C12H21N3O2/c1-11(2,16-4)7-12(3,13)10-14-9(17-15-10)8-5-6-8/h8H,5-7,13H2,1-4H3. The third-order valence-corrected chi connectivity index (χ3v) is 3.22. The van der Waals surface area contributed by atoms with Crippen LogP contribution in [-0.4, -0.2) is 22.9 Å².